The van der Waals surface area contributed by atoms with Gasteiger partial charge in [0.2, 0.25) is 12.3 Å². The number of aromatic nitrogens is 1. The van der Waals surface area contributed by atoms with Gasteiger partial charge in [0.15, 0.2) is 0 Å². The van der Waals surface area contributed by atoms with Gasteiger partial charge in [-0.1, -0.05) is 23.7 Å². The molecule has 1 atom stereocenters. The summed E-state index contributed by atoms with van der Waals surface area (Å²) < 4.78 is 5.74. The van der Waals surface area contributed by atoms with E-state index in [1.165, 1.54) is 24.1 Å². The first-order valence-electron chi connectivity index (χ1n) is 20.8. The van der Waals surface area contributed by atoms with E-state index in [2.05, 4.69) is 72.4 Å². The van der Waals surface area contributed by atoms with Crippen LogP contribution >= 0.6 is 11.6 Å². The Morgan fingerprint density at radius 2 is 1.67 bits per heavy atom. The van der Waals surface area contributed by atoms with Gasteiger partial charge in [-0.05, 0) is 92.3 Å². The molecule has 3 fully saturated rings. The zero-order valence-corrected chi connectivity index (χ0v) is 34.3. The Labute approximate surface area is 345 Å². The number of benzene rings is 3. The van der Waals surface area contributed by atoms with E-state index < -0.39 is 0 Å². The van der Waals surface area contributed by atoms with E-state index in [9.17, 15) is 19.6 Å². The van der Waals surface area contributed by atoms with E-state index in [4.69, 9.17) is 16.3 Å². The highest BCUT2D eigenvalue weighted by molar-refractivity contribution is 6.36. The Bertz CT molecular complexity index is 2180. The summed E-state index contributed by atoms with van der Waals surface area (Å²) in [5.74, 6) is 1.41. The van der Waals surface area contributed by atoms with E-state index in [1.54, 1.807) is 18.2 Å². The van der Waals surface area contributed by atoms with Crippen LogP contribution in [0.1, 0.15) is 78.4 Å². The zero-order chi connectivity index (χ0) is 40.3. The van der Waals surface area contributed by atoms with Crippen LogP contribution in [0.5, 0.6) is 5.75 Å². The lowest BCUT2D eigenvalue weighted by atomic mass is 9.89. The predicted molar refractivity (Wildman–Crippen MR) is 228 cm³/mol. The fraction of sp³-hybridized carbons (Fsp3) is 0.467. The lowest BCUT2D eigenvalue weighted by Crippen LogP contribution is -2.49. The molecule has 0 bridgehead atoms. The van der Waals surface area contributed by atoms with Crippen molar-refractivity contribution in [2.45, 2.75) is 64.0 Å². The van der Waals surface area contributed by atoms with Crippen molar-refractivity contribution in [2.24, 2.45) is 5.92 Å². The van der Waals surface area contributed by atoms with Gasteiger partial charge in [-0.2, -0.15) is 5.26 Å². The average Bonchev–Trinajstić information content (AvgIpc) is 3.85. The number of aromatic amines is 1. The topological polar surface area (TPSA) is 128 Å². The first-order valence-corrected chi connectivity index (χ1v) is 21.1. The quantitative estimate of drug-likeness (QED) is 0.154. The number of methoxy groups -OCH3 is 1. The number of hydrogen-bond donors (Lipinski definition) is 2. The molecule has 0 radical (unpaired) electrons. The fourth-order valence-corrected chi connectivity index (χ4v) is 9.90. The third-order valence-corrected chi connectivity index (χ3v) is 13.4. The second-order valence-electron chi connectivity index (χ2n) is 16.4. The molecular weight excluding hydrogens is 752 g/mol. The van der Waals surface area contributed by atoms with Gasteiger partial charge in [0.05, 0.1) is 34.5 Å². The van der Waals surface area contributed by atoms with Gasteiger partial charge < -0.3 is 29.3 Å². The van der Waals surface area contributed by atoms with Crippen molar-refractivity contribution < 1.29 is 19.1 Å². The molecule has 0 spiro atoms. The van der Waals surface area contributed by atoms with Crippen LogP contribution in [0.25, 0.3) is 10.9 Å². The fourth-order valence-electron chi connectivity index (χ4n) is 9.64. The summed E-state index contributed by atoms with van der Waals surface area (Å²) in [6.07, 6.45) is 7.37. The number of piperidine rings is 2. The minimum atomic E-state index is -0.339. The van der Waals surface area contributed by atoms with Crippen LogP contribution in [0.2, 0.25) is 5.02 Å². The minimum absolute atomic E-state index is 0.0751. The number of amides is 3. The van der Waals surface area contributed by atoms with Crippen LogP contribution in [-0.2, 0) is 16.1 Å². The molecule has 2 N–H and O–H groups in total. The van der Waals surface area contributed by atoms with Crippen LogP contribution in [0.4, 0.5) is 17.1 Å². The maximum Gasteiger partial charge on any atom is 0.258 e. The van der Waals surface area contributed by atoms with Crippen LogP contribution < -0.4 is 24.8 Å². The predicted octanol–water partition coefficient (Wildman–Crippen LogP) is 6.52. The molecule has 3 saturated heterocycles. The molecule has 13 heteroatoms. The maximum atomic E-state index is 13.4. The summed E-state index contributed by atoms with van der Waals surface area (Å²) in [6.45, 7) is 11.5. The van der Waals surface area contributed by atoms with Gasteiger partial charge in [0.1, 0.15) is 11.8 Å². The second-order valence-corrected chi connectivity index (χ2v) is 16.8. The number of H-pyrrole nitrogens is 1. The van der Waals surface area contributed by atoms with Crippen molar-refractivity contribution in [2.75, 3.05) is 80.7 Å². The smallest absolute Gasteiger partial charge is 0.258 e. The third kappa shape index (κ3) is 8.07. The molecule has 4 aliphatic heterocycles. The van der Waals surface area contributed by atoms with Crippen molar-refractivity contribution in [1.29, 1.82) is 5.26 Å². The minimum Gasteiger partial charge on any atom is -0.496 e. The average molecular weight is 805 g/mol. The third-order valence-electron chi connectivity index (χ3n) is 13.1. The van der Waals surface area contributed by atoms with Crippen molar-refractivity contribution >= 4 is 57.8 Å². The number of halogens is 1. The molecule has 1 aromatic heterocycles. The van der Waals surface area contributed by atoms with E-state index in [0.717, 1.165) is 99.6 Å². The van der Waals surface area contributed by atoms with Gasteiger partial charge in [-0.15, -0.1) is 0 Å². The lowest BCUT2D eigenvalue weighted by Gasteiger charge is -2.40. The van der Waals surface area contributed by atoms with Crippen molar-refractivity contribution in [1.82, 2.24) is 20.1 Å². The highest BCUT2D eigenvalue weighted by Gasteiger charge is 2.35. The molecule has 4 aliphatic rings. The normalized spacial score (nSPS) is 18.7. The molecule has 12 nitrogen and oxygen atoms in total. The van der Waals surface area contributed by atoms with Gasteiger partial charge >= 0.3 is 0 Å². The SMILES string of the molecule is COc1cc(N2CCN(CC3CCN(c4ccc(C5CCN(c6ccc(Cl)c7c(C#N)c[nH]c67)CC5)cc4)CC3)CC2)cc2c1C(=O)N(C(C)CCC(=O)NC=O)C2. The van der Waals surface area contributed by atoms with E-state index in [1.807, 2.05) is 19.1 Å². The van der Waals surface area contributed by atoms with Crippen LogP contribution in [-0.4, -0.2) is 105 Å². The number of carbonyl (C=O) groups is 3. The molecule has 0 saturated carbocycles. The Morgan fingerprint density at radius 1 is 0.966 bits per heavy atom. The highest BCUT2D eigenvalue weighted by Crippen LogP contribution is 2.39. The monoisotopic (exact) mass is 804 g/mol. The summed E-state index contributed by atoms with van der Waals surface area (Å²) in [4.78, 5) is 50.9. The van der Waals surface area contributed by atoms with Crippen molar-refractivity contribution in [3.8, 4) is 11.8 Å². The van der Waals surface area contributed by atoms with Gasteiger partial charge in [0.25, 0.3) is 5.91 Å². The largest absolute Gasteiger partial charge is 0.496 e. The van der Waals surface area contributed by atoms with Crippen molar-refractivity contribution in [3.05, 3.63) is 82.0 Å². The van der Waals surface area contributed by atoms with Crippen LogP contribution in [0.3, 0.4) is 0 Å². The van der Waals surface area contributed by atoms with Crippen LogP contribution in [0, 0.1) is 17.2 Å². The number of piperazine rings is 1. The van der Waals surface area contributed by atoms with Crippen molar-refractivity contribution in [3.63, 3.8) is 0 Å². The van der Waals surface area contributed by atoms with E-state index >= 15 is 0 Å². The summed E-state index contributed by atoms with van der Waals surface area (Å²) in [5.41, 5.74) is 8.05. The Balaban J connectivity index is 0.787. The number of imide groups is 1. The second kappa shape index (κ2) is 17.3. The summed E-state index contributed by atoms with van der Waals surface area (Å²) in [5, 5.41) is 13.1. The lowest BCUT2D eigenvalue weighted by molar-refractivity contribution is -0.125. The number of anilines is 3. The molecule has 3 amide bonds. The Hall–Kier alpha value is -5.25. The molecule has 58 heavy (non-hydrogen) atoms. The number of hydrogen-bond acceptors (Lipinski definition) is 9. The number of nitrogens with zero attached hydrogens (tertiary/aromatic N) is 6. The maximum absolute atomic E-state index is 13.4. The van der Waals surface area contributed by atoms with E-state index in [-0.39, 0.29) is 24.3 Å². The van der Waals surface area contributed by atoms with Gasteiger partial charge in [-0.3, -0.25) is 24.6 Å². The highest BCUT2D eigenvalue weighted by atomic mass is 35.5. The molecule has 8 rings (SSSR count). The Morgan fingerprint density at radius 3 is 2.36 bits per heavy atom. The zero-order valence-electron chi connectivity index (χ0n) is 33.5. The number of fused-ring (bicyclic) bond motifs is 2. The summed E-state index contributed by atoms with van der Waals surface area (Å²) in [6, 6.07) is 19.6. The number of carbonyl (C=O) groups excluding carboxylic acids is 3. The Kier molecular flexibility index (Phi) is 11.8. The van der Waals surface area contributed by atoms with Gasteiger partial charge in [-0.25, -0.2) is 0 Å². The number of nitriles is 1. The molecule has 4 aromatic rings. The molecule has 5 heterocycles. The molecule has 1 unspecified atom stereocenters. The molecule has 0 aliphatic carbocycles. The number of ether oxygens (including phenoxy) is 1. The van der Waals surface area contributed by atoms with Crippen LogP contribution in [0.15, 0.2) is 54.7 Å². The van der Waals surface area contributed by atoms with Gasteiger partial charge in [0, 0.05) is 107 Å². The number of rotatable bonds is 12. The summed E-state index contributed by atoms with van der Waals surface area (Å²) >= 11 is 6.46. The molecule has 3 aromatic carbocycles. The first-order chi connectivity index (χ1) is 28.2. The molecular formula is C45H53ClN8O4. The standard InChI is InChI=1S/C45H53ClN8O4/c1-30(3-10-41(56)49-29-55)54-28-34-23-37(24-40(58-2)43(34)45(54)57)52-21-19-50(20-22-52)27-31-11-15-51(16-12-31)36-6-4-32(5-7-36)33-13-17-53(18-14-33)39-9-8-38(46)42-35(25-47)26-48-44(39)42/h4-9,23-24,26,29-31,33,48H,3,10-22,27-28H2,1-2H3,(H,49,55,56). The molecule has 304 valence electrons. The number of nitrogens with one attached hydrogen (secondary N) is 2. The summed E-state index contributed by atoms with van der Waals surface area (Å²) in [7, 11) is 1.62. The first kappa shape index (κ1) is 39.6. The van der Waals surface area contributed by atoms with E-state index in [0.29, 0.717) is 53.1 Å².